The van der Waals surface area contributed by atoms with Crippen LogP contribution in [0.1, 0.15) is 65.8 Å². The highest BCUT2D eigenvalue weighted by Gasteiger charge is 2.44. The van der Waals surface area contributed by atoms with Gasteiger partial charge in [-0.3, -0.25) is 0 Å². The van der Waals surface area contributed by atoms with E-state index in [2.05, 4.69) is 9.97 Å². The van der Waals surface area contributed by atoms with Crippen LogP contribution >= 0.6 is 0 Å². The Labute approximate surface area is 173 Å². The number of aromatic nitrogens is 2. The minimum Gasteiger partial charge on any atom is -0.477 e. The van der Waals surface area contributed by atoms with E-state index in [1.165, 1.54) is 12.1 Å². The third kappa shape index (κ3) is 3.87. The zero-order valence-corrected chi connectivity index (χ0v) is 16.9. The van der Waals surface area contributed by atoms with Crippen molar-refractivity contribution in [2.45, 2.75) is 44.7 Å². The van der Waals surface area contributed by atoms with Crippen molar-refractivity contribution >= 4 is 11.9 Å². The van der Waals surface area contributed by atoms with Crippen molar-refractivity contribution in [1.82, 2.24) is 9.97 Å². The normalized spacial score (nSPS) is 23.8. The molecular weight excluding hydrogens is 395 g/mol. The number of rotatable bonds is 4. The van der Waals surface area contributed by atoms with Crippen molar-refractivity contribution in [3.8, 4) is 0 Å². The molecule has 160 valence electrons. The highest BCUT2D eigenvalue weighted by atomic mass is 19.4. The minimum absolute atomic E-state index is 0.0299. The monoisotopic (exact) mass is 419 g/mol. The first-order valence-corrected chi connectivity index (χ1v) is 10.2. The number of aromatic carboxylic acids is 1. The van der Waals surface area contributed by atoms with E-state index in [0.29, 0.717) is 43.1 Å². The Morgan fingerprint density at radius 2 is 1.77 bits per heavy atom. The lowest BCUT2D eigenvalue weighted by Crippen LogP contribution is -2.25. The first-order valence-electron chi connectivity index (χ1n) is 10.2. The summed E-state index contributed by atoms with van der Waals surface area (Å²) in [6, 6.07) is 7.36. The fourth-order valence-corrected chi connectivity index (χ4v) is 4.83. The van der Waals surface area contributed by atoms with Crippen LogP contribution in [-0.4, -0.2) is 34.1 Å². The Kier molecular flexibility index (Phi) is 5.20. The van der Waals surface area contributed by atoms with Gasteiger partial charge >= 0.3 is 12.1 Å². The van der Waals surface area contributed by atoms with E-state index in [0.717, 1.165) is 6.07 Å². The number of hydrogen-bond donors (Lipinski definition) is 1. The second-order valence-electron chi connectivity index (χ2n) is 8.62. The van der Waals surface area contributed by atoms with Gasteiger partial charge in [-0.2, -0.15) is 13.2 Å². The Hall–Kier alpha value is -2.64. The molecular formula is C22H24F3N3O2. The molecule has 0 spiro atoms. The zero-order valence-electron chi connectivity index (χ0n) is 16.9. The molecule has 3 atom stereocenters. The third-order valence-corrected chi connectivity index (χ3v) is 6.28. The van der Waals surface area contributed by atoms with Gasteiger partial charge in [0.25, 0.3) is 0 Å². The predicted molar refractivity (Wildman–Crippen MR) is 106 cm³/mol. The van der Waals surface area contributed by atoms with Gasteiger partial charge in [0.15, 0.2) is 5.69 Å². The van der Waals surface area contributed by atoms with Gasteiger partial charge in [0.2, 0.25) is 5.95 Å². The number of halogens is 3. The molecule has 1 aliphatic heterocycles. The molecule has 0 radical (unpaired) electrons. The number of benzene rings is 1. The zero-order chi connectivity index (χ0) is 21.6. The van der Waals surface area contributed by atoms with Crippen LogP contribution in [0.5, 0.6) is 0 Å². The molecule has 1 N–H and O–H groups in total. The molecule has 2 aliphatic rings. The lowest BCUT2D eigenvalue weighted by atomic mass is 9.91. The van der Waals surface area contributed by atoms with Crippen LogP contribution in [0.3, 0.4) is 0 Å². The van der Waals surface area contributed by atoms with Crippen LogP contribution in [0, 0.1) is 11.8 Å². The molecule has 2 aromatic rings. The number of carbonyl (C=O) groups is 1. The van der Waals surface area contributed by atoms with E-state index in [4.69, 9.17) is 0 Å². The maximum absolute atomic E-state index is 13.4. The first-order chi connectivity index (χ1) is 14.1. The summed E-state index contributed by atoms with van der Waals surface area (Å²) < 4.78 is 40.2. The Morgan fingerprint density at radius 1 is 1.13 bits per heavy atom. The van der Waals surface area contributed by atoms with Crippen LogP contribution in [-0.2, 0) is 6.18 Å². The molecule has 1 unspecified atom stereocenters. The van der Waals surface area contributed by atoms with Crippen molar-refractivity contribution in [1.29, 1.82) is 0 Å². The molecule has 0 bridgehead atoms. The topological polar surface area (TPSA) is 66.3 Å². The van der Waals surface area contributed by atoms with Crippen LogP contribution in [0.2, 0.25) is 0 Å². The van der Waals surface area contributed by atoms with Gasteiger partial charge in [-0.05, 0) is 54.2 Å². The van der Waals surface area contributed by atoms with Crippen molar-refractivity contribution in [2.24, 2.45) is 11.8 Å². The van der Waals surface area contributed by atoms with Crippen molar-refractivity contribution in [2.75, 3.05) is 18.0 Å². The molecule has 1 saturated heterocycles. The van der Waals surface area contributed by atoms with Crippen LogP contribution in [0.4, 0.5) is 19.1 Å². The molecule has 2 heterocycles. The number of alkyl halides is 3. The van der Waals surface area contributed by atoms with Crippen molar-refractivity contribution < 1.29 is 23.1 Å². The van der Waals surface area contributed by atoms with Crippen LogP contribution in [0.15, 0.2) is 30.3 Å². The van der Waals surface area contributed by atoms with Gasteiger partial charge in [-0.15, -0.1) is 0 Å². The van der Waals surface area contributed by atoms with Crippen LogP contribution < -0.4 is 4.90 Å². The average Bonchev–Trinajstić information content (AvgIpc) is 3.26. The SMILES string of the molecule is CC(C)c1cc(C(=O)O)nc(N2C[C@H]3CC(c4ccccc4C(F)(F)F)C[C@H]3C2)n1. The quantitative estimate of drug-likeness (QED) is 0.760. The van der Waals surface area contributed by atoms with Gasteiger partial charge in [0.1, 0.15) is 0 Å². The summed E-state index contributed by atoms with van der Waals surface area (Å²) in [7, 11) is 0. The highest BCUT2D eigenvalue weighted by Crippen LogP contribution is 2.49. The molecule has 1 saturated carbocycles. The second-order valence-corrected chi connectivity index (χ2v) is 8.62. The fraction of sp³-hybridized carbons (Fsp3) is 0.500. The van der Waals surface area contributed by atoms with E-state index in [1.807, 2.05) is 18.7 Å². The predicted octanol–water partition coefficient (Wildman–Crippen LogP) is 4.95. The maximum atomic E-state index is 13.4. The summed E-state index contributed by atoms with van der Waals surface area (Å²) in [6.07, 6.45) is -2.98. The first kappa shape index (κ1) is 20.6. The van der Waals surface area contributed by atoms with Crippen LogP contribution in [0.25, 0.3) is 0 Å². The van der Waals surface area contributed by atoms with Crippen molar-refractivity contribution in [3.05, 3.63) is 52.8 Å². The van der Waals surface area contributed by atoms with Gasteiger partial charge in [0.05, 0.1) is 5.56 Å². The van der Waals surface area contributed by atoms with E-state index in [-0.39, 0.29) is 29.4 Å². The Morgan fingerprint density at radius 3 is 2.33 bits per heavy atom. The number of hydrogen-bond acceptors (Lipinski definition) is 4. The average molecular weight is 419 g/mol. The molecule has 0 amide bonds. The van der Waals surface area contributed by atoms with Gasteiger partial charge in [-0.25, -0.2) is 14.8 Å². The Bertz CT molecular complexity index is 947. The second kappa shape index (κ2) is 7.56. The molecule has 4 rings (SSSR count). The van der Waals surface area contributed by atoms with E-state index < -0.39 is 17.7 Å². The number of nitrogens with zero attached hydrogens (tertiary/aromatic N) is 3. The van der Waals surface area contributed by atoms with Crippen molar-refractivity contribution in [3.63, 3.8) is 0 Å². The highest BCUT2D eigenvalue weighted by molar-refractivity contribution is 5.85. The van der Waals surface area contributed by atoms with Gasteiger partial charge < -0.3 is 10.0 Å². The summed E-state index contributed by atoms with van der Waals surface area (Å²) in [6.45, 7) is 5.16. The molecule has 5 nitrogen and oxygen atoms in total. The molecule has 2 fully saturated rings. The maximum Gasteiger partial charge on any atom is 0.416 e. The molecule has 1 aromatic carbocycles. The number of fused-ring (bicyclic) bond motifs is 1. The Balaban J connectivity index is 1.53. The fourth-order valence-electron chi connectivity index (χ4n) is 4.83. The third-order valence-electron chi connectivity index (χ3n) is 6.28. The summed E-state index contributed by atoms with van der Waals surface area (Å²) in [4.78, 5) is 22.2. The summed E-state index contributed by atoms with van der Waals surface area (Å²) in [5.74, 6) is -0.247. The van der Waals surface area contributed by atoms with Gasteiger partial charge in [0, 0.05) is 18.8 Å². The molecule has 1 aliphatic carbocycles. The molecule has 30 heavy (non-hydrogen) atoms. The summed E-state index contributed by atoms with van der Waals surface area (Å²) in [5, 5.41) is 9.37. The lowest BCUT2D eigenvalue weighted by molar-refractivity contribution is -0.138. The number of anilines is 1. The van der Waals surface area contributed by atoms with E-state index in [1.54, 1.807) is 12.1 Å². The minimum atomic E-state index is -4.35. The smallest absolute Gasteiger partial charge is 0.416 e. The molecule has 8 heteroatoms. The summed E-state index contributed by atoms with van der Waals surface area (Å²) >= 11 is 0. The number of carboxylic acids is 1. The van der Waals surface area contributed by atoms with E-state index >= 15 is 0 Å². The lowest BCUT2D eigenvalue weighted by Gasteiger charge is -2.22. The standard InChI is InChI=1S/C22H24F3N3O2/c1-12(2)18-9-19(20(29)30)27-21(26-18)28-10-14-7-13(8-15(14)11-28)16-5-3-4-6-17(16)22(23,24)25/h3-6,9,12-15H,7-8,10-11H2,1-2H3,(H,29,30)/t13?,14-,15+. The summed E-state index contributed by atoms with van der Waals surface area (Å²) in [5.41, 5.74) is 0.493. The number of carboxylic acid groups (broad SMARTS) is 1. The van der Waals surface area contributed by atoms with E-state index in [9.17, 15) is 23.1 Å². The van der Waals surface area contributed by atoms with Gasteiger partial charge in [-0.1, -0.05) is 32.0 Å². The largest absolute Gasteiger partial charge is 0.477 e. The molecule has 1 aromatic heterocycles.